The lowest BCUT2D eigenvalue weighted by atomic mass is 9.63. The van der Waals surface area contributed by atoms with Crippen LogP contribution in [0.5, 0.6) is 5.75 Å². The molecule has 2 aromatic carbocycles. The minimum atomic E-state index is -0.492. The summed E-state index contributed by atoms with van der Waals surface area (Å²) in [5, 5.41) is 6.94. The van der Waals surface area contributed by atoms with Crippen molar-refractivity contribution in [2.75, 3.05) is 57.0 Å². The van der Waals surface area contributed by atoms with Crippen molar-refractivity contribution in [2.45, 2.75) is 25.7 Å². The molecule has 3 heterocycles. The second-order valence-electron chi connectivity index (χ2n) is 12.6. The number of nitrogens with one attached hydrogen (secondary N) is 2. The Balaban J connectivity index is 1.08. The van der Waals surface area contributed by atoms with Gasteiger partial charge in [0.15, 0.2) is 0 Å². The van der Waals surface area contributed by atoms with Gasteiger partial charge in [0.1, 0.15) is 23.7 Å². The van der Waals surface area contributed by atoms with Crippen molar-refractivity contribution in [3.05, 3.63) is 59.7 Å². The first-order chi connectivity index (χ1) is 20.4. The smallest absolute Gasteiger partial charge is 0.248 e. The number of benzene rings is 2. The molecule has 4 aliphatic rings. The number of amides is 1. The molecule has 2 unspecified atom stereocenters. The molecule has 1 aromatic heterocycles. The fourth-order valence-corrected chi connectivity index (χ4v) is 7.39. The summed E-state index contributed by atoms with van der Waals surface area (Å²) < 4.78 is 20.0. The Bertz CT molecular complexity index is 1520. The molecule has 4 fully saturated rings. The topological polar surface area (TPSA) is 82.6 Å². The van der Waals surface area contributed by atoms with E-state index in [1.165, 1.54) is 50.8 Å². The number of carbonyl (C=O) groups is 1. The maximum absolute atomic E-state index is 13.7. The van der Waals surface area contributed by atoms with E-state index >= 15 is 0 Å². The maximum Gasteiger partial charge on any atom is 0.248 e. The van der Waals surface area contributed by atoms with Crippen molar-refractivity contribution in [1.29, 1.82) is 0 Å². The highest BCUT2D eigenvalue weighted by Crippen LogP contribution is 2.53. The molecule has 1 amide bonds. The maximum atomic E-state index is 13.7. The van der Waals surface area contributed by atoms with Gasteiger partial charge in [0, 0.05) is 55.9 Å². The van der Waals surface area contributed by atoms with Gasteiger partial charge >= 0.3 is 0 Å². The Morgan fingerprint density at radius 2 is 2.00 bits per heavy atom. The van der Waals surface area contributed by atoms with E-state index in [1.807, 2.05) is 18.2 Å². The van der Waals surface area contributed by atoms with Crippen molar-refractivity contribution in [1.82, 2.24) is 19.8 Å². The zero-order valence-electron chi connectivity index (χ0n) is 23.8. The third-order valence-corrected chi connectivity index (χ3v) is 9.89. The van der Waals surface area contributed by atoms with Crippen LogP contribution in [0, 0.1) is 29.0 Å². The van der Waals surface area contributed by atoms with Crippen LogP contribution < -0.4 is 15.4 Å². The Morgan fingerprint density at radius 3 is 2.74 bits per heavy atom. The minimum absolute atomic E-state index is 0.0151. The van der Waals surface area contributed by atoms with Crippen LogP contribution >= 0.6 is 11.6 Å². The van der Waals surface area contributed by atoms with Gasteiger partial charge in [0.25, 0.3) is 0 Å². The molecule has 2 aliphatic carbocycles. The molecule has 1 spiro atoms. The number of fused-ring (bicyclic) bond motifs is 2. The lowest BCUT2D eigenvalue weighted by Gasteiger charge is -2.56. The number of likely N-dealkylation sites (tertiary alicyclic amines) is 2. The first-order valence-electron chi connectivity index (χ1n) is 14.9. The zero-order valence-corrected chi connectivity index (χ0v) is 24.5. The molecule has 3 aromatic rings. The number of halogens is 2. The zero-order chi connectivity index (χ0) is 28.8. The molecule has 8 nitrogen and oxygen atoms in total. The molecule has 0 radical (unpaired) electrons. The summed E-state index contributed by atoms with van der Waals surface area (Å²) in [4.78, 5) is 26.7. The van der Waals surface area contributed by atoms with E-state index in [-0.39, 0.29) is 10.9 Å². The quantitative estimate of drug-likeness (QED) is 0.292. The second kappa shape index (κ2) is 11.1. The number of hydrogen-bond donors (Lipinski definition) is 2. The monoisotopic (exact) mass is 590 g/mol. The molecule has 2 aliphatic heterocycles. The lowest BCUT2D eigenvalue weighted by molar-refractivity contribution is -0.112. The Hall–Kier alpha value is -3.27. The lowest BCUT2D eigenvalue weighted by Crippen LogP contribution is -2.59. The molecule has 2 N–H and O–H groups in total. The summed E-state index contributed by atoms with van der Waals surface area (Å²) in [6.07, 6.45) is 10.0. The van der Waals surface area contributed by atoms with Crippen molar-refractivity contribution in [3.8, 4) is 5.75 Å². The highest BCUT2D eigenvalue weighted by atomic mass is 35.5. The van der Waals surface area contributed by atoms with Crippen LogP contribution in [0.2, 0.25) is 5.02 Å². The van der Waals surface area contributed by atoms with Crippen LogP contribution in [0.1, 0.15) is 25.7 Å². The van der Waals surface area contributed by atoms with Crippen LogP contribution in [-0.4, -0.2) is 72.1 Å². The van der Waals surface area contributed by atoms with Crippen LogP contribution in [0.15, 0.2) is 48.8 Å². The molecule has 220 valence electrons. The fraction of sp³-hybridized carbons (Fsp3) is 0.469. The van der Waals surface area contributed by atoms with Gasteiger partial charge in [0.05, 0.1) is 22.8 Å². The minimum Gasteiger partial charge on any atom is -0.491 e. The van der Waals surface area contributed by atoms with E-state index in [9.17, 15) is 9.18 Å². The number of rotatable bonds is 10. The van der Waals surface area contributed by atoms with Gasteiger partial charge in [-0.2, -0.15) is 0 Å². The van der Waals surface area contributed by atoms with Gasteiger partial charge in [0.2, 0.25) is 5.91 Å². The molecule has 2 saturated carbocycles. The first kappa shape index (κ1) is 27.6. The summed E-state index contributed by atoms with van der Waals surface area (Å²) >= 11 is 5.99. The largest absolute Gasteiger partial charge is 0.491 e. The molecule has 42 heavy (non-hydrogen) atoms. The molecule has 2 saturated heterocycles. The van der Waals surface area contributed by atoms with E-state index in [2.05, 4.69) is 37.4 Å². The average Bonchev–Trinajstić information content (AvgIpc) is 3.37. The number of hydrogen-bond acceptors (Lipinski definition) is 7. The van der Waals surface area contributed by atoms with E-state index in [1.54, 1.807) is 12.1 Å². The van der Waals surface area contributed by atoms with Crippen molar-refractivity contribution in [3.63, 3.8) is 0 Å². The Morgan fingerprint density at radius 1 is 1.19 bits per heavy atom. The van der Waals surface area contributed by atoms with Gasteiger partial charge in [-0.3, -0.25) is 9.69 Å². The Labute approximate surface area is 250 Å². The predicted octanol–water partition coefficient (Wildman–Crippen LogP) is 5.72. The van der Waals surface area contributed by atoms with E-state index in [0.717, 1.165) is 37.9 Å². The van der Waals surface area contributed by atoms with Crippen LogP contribution in [0.25, 0.3) is 10.9 Å². The van der Waals surface area contributed by atoms with Gasteiger partial charge < -0.3 is 20.3 Å². The van der Waals surface area contributed by atoms with Crippen molar-refractivity contribution in [2.24, 2.45) is 23.2 Å². The summed E-state index contributed by atoms with van der Waals surface area (Å²) in [7, 11) is 2.18. The summed E-state index contributed by atoms with van der Waals surface area (Å²) in [5.74, 6) is 2.67. The van der Waals surface area contributed by atoms with Gasteiger partial charge in [-0.15, -0.1) is 0 Å². The van der Waals surface area contributed by atoms with E-state index in [0.29, 0.717) is 51.8 Å². The Kier molecular flexibility index (Phi) is 7.28. The van der Waals surface area contributed by atoms with Crippen LogP contribution in [0.3, 0.4) is 0 Å². The molecular formula is C32H36ClFN6O2. The molecule has 0 bridgehead atoms. The highest BCUT2D eigenvalue weighted by Gasteiger charge is 2.54. The van der Waals surface area contributed by atoms with Gasteiger partial charge in [-0.1, -0.05) is 24.1 Å². The van der Waals surface area contributed by atoms with E-state index < -0.39 is 5.82 Å². The number of carbonyl (C=O) groups excluding carboxylic acids is 1. The first-order valence-corrected chi connectivity index (χ1v) is 15.3. The molecule has 10 heteroatoms. The number of aromatic nitrogens is 2. The summed E-state index contributed by atoms with van der Waals surface area (Å²) in [6.45, 7) is 5.96. The number of anilines is 3. The summed E-state index contributed by atoms with van der Waals surface area (Å²) in [6, 6.07) is 8.08. The third-order valence-electron chi connectivity index (χ3n) is 9.60. The highest BCUT2D eigenvalue weighted by molar-refractivity contribution is 6.31. The van der Waals surface area contributed by atoms with Crippen LogP contribution in [0.4, 0.5) is 21.6 Å². The SMILES string of the molecule is CN1CC2C(CCOc3cc4ncnc(Nc5ccc(F)c(Cl)c5)c4cc3NC(=O)C=CCN3CC4(CCC4)C3)C2C1. The molecular weight excluding hydrogens is 555 g/mol. The van der Waals surface area contributed by atoms with Crippen molar-refractivity contribution < 1.29 is 13.9 Å². The normalized spacial score (nSPS) is 24.4. The second-order valence-corrected chi connectivity index (χ2v) is 13.0. The average molecular weight is 591 g/mol. The fourth-order valence-electron chi connectivity index (χ4n) is 7.21. The number of nitrogens with zero attached hydrogens (tertiary/aromatic N) is 4. The molecule has 2 atom stereocenters. The summed E-state index contributed by atoms with van der Waals surface area (Å²) in [5.41, 5.74) is 2.37. The van der Waals surface area contributed by atoms with Gasteiger partial charge in [-0.25, -0.2) is 14.4 Å². The van der Waals surface area contributed by atoms with Gasteiger partial charge in [-0.05, 0) is 73.7 Å². The standard InChI is InChI=1S/C32H36ClFN6O2/c1-39-15-23-21(24(23)16-39)7-11-42-29-14-27-22(31(36-19-35-27)37-20-5-6-26(34)25(33)12-20)13-28(29)38-30(41)4-2-10-40-17-32(18-40)8-3-9-32/h2,4-6,12-14,19,21,23-24H,3,7-11,15-18H2,1H3,(H,38,41)(H,35,36,37). The number of ether oxygens (including phenoxy) is 1. The number of piperidine rings is 1. The molecule has 7 rings (SSSR count). The van der Waals surface area contributed by atoms with E-state index in [4.69, 9.17) is 16.3 Å². The third kappa shape index (κ3) is 5.57. The predicted molar refractivity (Wildman–Crippen MR) is 163 cm³/mol. The van der Waals surface area contributed by atoms with Crippen molar-refractivity contribution >= 4 is 45.6 Å². The van der Waals surface area contributed by atoms with Crippen LogP contribution in [-0.2, 0) is 4.79 Å².